The van der Waals surface area contributed by atoms with Crippen molar-refractivity contribution in [2.45, 2.75) is 63.1 Å². The molecule has 3 atom stereocenters. The summed E-state index contributed by atoms with van der Waals surface area (Å²) < 4.78 is 0. The number of rotatable bonds is 3. The van der Waals surface area contributed by atoms with Crippen molar-refractivity contribution < 1.29 is 5.11 Å². The molecule has 3 unspecified atom stereocenters. The molecule has 2 nitrogen and oxygen atoms in total. The molecule has 0 heterocycles. The third kappa shape index (κ3) is 2.70. The molecule has 0 bridgehead atoms. The average Bonchev–Trinajstić information content (AvgIpc) is 2.46. The molecule has 0 radical (unpaired) electrons. The van der Waals surface area contributed by atoms with E-state index in [2.05, 4.69) is 35.6 Å². The van der Waals surface area contributed by atoms with Gasteiger partial charge in [-0.25, -0.2) is 0 Å². The Morgan fingerprint density at radius 1 is 1.05 bits per heavy atom. The van der Waals surface area contributed by atoms with Crippen LogP contribution in [-0.2, 0) is 6.54 Å². The predicted octanol–water partition coefficient (Wildman–Crippen LogP) is 3.25. The second-order valence-corrected chi connectivity index (χ2v) is 6.28. The van der Waals surface area contributed by atoms with Gasteiger partial charge in [-0.15, -0.1) is 0 Å². The van der Waals surface area contributed by atoms with Gasteiger partial charge in [0.05, 0.1) is 5.60 Å². The summed E-state index contributed by atoms with van der Waals surface area (Å²) in [6.45, 7) is 0.876. The molecule has 19 heavy (non-hydrogen) atoms. The summed E-state index contributed by atoms with van der Waals surface area (Å²) in [7, 11) is 0. The Kier molecular flexibility index (Phi) is 3.90. The van der Waals surface area contributed by atoms with Crippen LogP contribution in [-0.4, -0.2) is 16.7 Å². The van der Waals surface area contributed by atoms with Gasteiger partial charge in [-0.3, -0.25) is 0 Å². The molecule has 2 aliphatic carbocycles. The highest BCUT2D eigenvalue weighted by atomic mass is 16.3. The van der Waals surface area contributed by atoms with Crippen molar-refractivity contribution in [1.82, 2.24) is 5.32 Å². The van der Waals surface area contributed by atoms with Crippen molar-refractivity contribution >= 4 is 0 Å². The van der Waals surface area contributed by atoms with Gasteiger partial charge in [0.2, 0.25) is 0 Å². The maximum Gasteiger partial charge on any atom is 0.0828 e. The van der Waals surface area contributed by atoms with Crippen molar-refractivity contribution in [1.29, 1.82) is 0 Å². The lowest BCUT2D eigenvalue weighted by Crippen LogP contribution is -2.58. The van der Waals surface area contributed by atoms with Gasteiger partial charge in [-0.2, -0.15) is 0 Å². The summed E-state index contributed by atoms with van der Waals surface area (Å²) in [5, 5.41) is 14.7. The normalized spacial score (nSPS) is 34.8. The van der Waals surface area contributed by atoms with E-state index in [0.29, 0.717) is 5.92 Å². The van der Waals surface area contributed by atoms with E-state index in [1.54, 1.807) is 0 Å². The first-order valence-electron chi connectivity index (χ1n) is 7.79. The van der Waals surface area contributed by atoms with Gasteiger partial charge in [-0.05, 0) is 37.2 Å². The smallest absolute Gasteiger partial charge is 0.0828 e. The molecule has 2 N–H and O–H groups in total. The molecule has 1 aromatic carbocycles. The van der Waals surface area contributed by atoms with Crippen molar-refractivity contribution in [3.05, 3.63) is 35.9 Å². The second-order valence-electron chi connectivity index (χ2n) is 6.28. The van der Waals surface area contributed by atoms with Crippen molar-refractivity contribution in [3.63, 3.8) is 0 Å². The van der Waals surface area contributed by atoms with Crippen LogP contribution in [0.3, 0.4) is 0 Å². The fourth-order valence-electron chi connectivity index (χ4n) is 4.04. The van der Waals surface area contributed by atoms with E-state index >= 15 is 0 Å². The lowest BCUT2D eigenvalue weighted by Gasteiger charge is -2.49. The number of hydrogen-bond acceptors (Lipinski definition) is 2. The van der Waals surface area contributed by atoms with E-state index in [0.717, 1.165) is 19.4 Å². The van der Waals surface area contributed by atoms with Crippen LogP contribution < -0.4 is 5.32 Å². The fraction of sp³-hybridized carbons (Fsp3) is 0.647. The van der Waals surface area contributed by atoms with Crippen molar-refractivity contribution in [2.24, 2.45) is 5.92 Å². The Balaban J connectivity index is 1.66. The van der Waals surface area contributed by atoms with Gasteiger partial charge in [0.15, 0.2) is 0 Å². The summed E-state index contributed by atoms with van der Waals surface area (Å²) in [6.07, 6.45) is 8.32. The molecule has 2 heteroatoms. The highest BCUT2D eigenvalue weighted by Crippen LogP contribution is 2.43. The second kappa shape index (κ2) is 5.64. The molecule has 1 aromatic rings. The molecule has 2 aliphatic rings. The van der Waals surface area contributed by atoms with Crippen LogP contribution in [0.1, 0.15) is 50.5 Å². The van der Waals surface area contributed by atoms with Crippen LogP contribution in [0.25, 0.3) is 0 Å². The molecule has 0 aromatic heterocycles. The first-order valence-corrected chi connectivity index (χ1v) is 7.79. The SMILES string of the molecule is OC12CCCCC1CCCC2NCc1ccccc1. The monoisotopic (exact) mass is 259 g/mol. The molecular formula is C17H25NO. The van der Waals surface area contributed by atoms with Gasteiger partial charge in [0, 0.05) is 12.6 Å². The number of fused-ring (bicyclic) bond motifs is 1. The number of hydrogen-bond donors (Lipinski definition) is 2. The Morgan fingerprint density at radius 2 is 1.84 bits per heavy atom. The van der Waals surface area contributed by atoms with Crippen molar-refractivity contribution in [3.8, 4) is 0 Å². The van der Waals surface area contributed by atoms with Gasteiger partial charge in [0.1, 0.15) is 0 Å². The van der Waals surface area contributed by atoms with Gasteiger partial charge in [0.25, 0.3) is 0 Å². The van der Waals surface area contributed by atoms with E-state index < -0.39 is 5.60 Å². The molecule has 2 fully saturated rings. The zero-order chi connectivity index (χ0) is 13.1. The maximum absolute atomic E-state index is 11.1. The Morgan fingerprint density at radius 3 is 2.68 bits per heavy atom. The maximum atomic E-state index is 11.1. The third-order valence-corrected chi connectivity index (χ3v) is 5.13. The van der Waals surface area contributed by atoms with Gasteiger partial charge >= 0.3 is 0 Å². The molecule has 0 aliphatic heterocycles. The molecule has 0 amide bonds. The summed E-state index contributed by atoms with van der Waals surface area (Å²) in [5.74, 6) is 0.531. The predicted molar refractivity (Wildman–Crippen MR) is 77.8 cm³/mol. The largest absolute Gasteiger partial charge is 0.388 e. The summed E-state index contributed by atoms with van der Waals surface area (Å²) in [6, 6.07) is 10.8. The van der Waals surface area contributed by atoms with Crippen LogP contribution in [0.2, 0.25) is 0 Å². The van der Waals surface area contributed by atoms with Gasteiger partial charge < -0.3 is 10.4 Å². The van der Waals surface area contributed by atoms with Crippen LogP contribution in [0.5, 0.6) is 0 Å². The number of aliphatic hydroxyl groups is 1. The lowest BCUT2D eigenvalue weighted by atomic mass is 9.65. The summed E-state index contributed by atoms with van der Waals surface area (Å²) in [4.78, 5) is 0. The first-order chi connectivity index (χ1) is 9.29. The van der Waals surface area contributed by atoms with Crippen LogP contribution in [0, 0.1) is 5.92 Å². The fourth-order valence-corrected chi connectivity index (χ4v) is 4.04. The summed E-state index contributed by atoms with van der Waals surface area (Å²) >= 11 is 0. The number of nitrogens with one attached hydrogen (secondary N) is 1. The molecule has 0 spiro atoms. The van der Waals surface area contributed by atoms with Crippen LogP contribution in [0.15, 0.2) is 30.3 Å². The van der Waals surface area contributed by atoms with Crippen LogP contribution >= 0.6 is 0 Å². The first kappa shape index (κ1) is 13.1. The molecular weight excluding hydrogens is 234 g/mol. The Hall–Kier alpha value is -0.860. The highest BCUT2D eigenvalue weighted by molar-refractivity contribution is 5.15. The molecule has 2 saturated carbocycles. The summed E-state index contributed by atoms with van der Waals surface area (Å²) in [5.41, 5.74) is 0.870. The minimum atomic E-state index is -0.439. The minimum absolute atomic E-state index is 0.284. The van der Waals surface area contributed by atoms with Crippen LogP contribution in [0.4, 0.5) is 0 Å². The van der Waals surface area contributed by atoms with Gasteiger partial charge in [-0.1, -0.05) is 49.6 Å². The Labute approximate surface area is 116 Å². The van der Waals surface area contributed by atoms with E-state index in [1.807, 2.05) is 0 Å². The third-order valence-electron chi connectivity index (χ3n) is 5.13. The molecule has 104 valence electrons. The Bertz CT molecular complexity index is 403. The zero-order valence-corrected chi connectivity index (χ0v) is 11.6. The topological polar surface area (TPSA) is 32.3 Å². The van der Waals surface area contributed by atoms with E-state index in [1.165, 1.54) is 37.7 Å². The highest BCUT2D eigenvalue weighted by Gasteiger charge is 2.46. The zero-order valence-electron chi connectivity index (χ0n) is 11.6. The van der Waals surface area contributed by atoms with E-state index in [-0.39, 0.29) is 6.04 Å². The quantitative estimate of drug-likeness (QED) is 0.873. The van der Waals surface area contributed by atoms with E-state index in [9.17, 15) is 5.11 Å². The van der Waals surface area contributed by atoms with E-state index in [4.69, 9.17) is 0 Å². The lowest BCUT2D eigenvalue weighted by molar-refractivity contribution is -0.0989. The average molecular weight is 259 g/mol. The molecule has 0 saturated heterocycles. The standard InChI is InChI=1S/C17H25NO/c19-17-12-5-4-9-15(17)10-6-11-16(17)18-13-14-7-2-1-3-8-14/h1-3,7-8,15-16,18-19H,4-6,9-13H2. The number of benzene rings is 1. The van der Waals surface area contributed by atoms with Crippen molar-refractivity contribution in [2.75, 3.05) is 0 Å². The molecule has 3 rings (SSSR count). The minimum Gasteiger partial charge on any atom is -0.388 e.